The van der Waals surface area contributed by atoms with Crippen molar-refractivity contribution < 1.29 is 4.92 Å². The van der Waals surface area contributed by atoms with Crippen LogP contribution >= 0.6 is 11.6 Å². The van der Waals surface area contributed by atoms with E-state index in [1.54, 1.807) is 0 Å². The number of rotatable bonds is 2. The summed E-state index contributed by atoms with van der Waals surface area (Å²) in [7, 11) is 0. The second-order valence-electron chi connectivity index (χ2n) is 6.59. The number of hydrogen-bond acceptors (Lipinski definition) is 5. The first-order valence-electron chi connectivity index (χ1n) is 7.21. The molecule has 0 saturated carbocycles. The Balaban J connectivity index is 2.23. The molecule has 1 aromatic rings. The van der Waals surface area contributed by atoms with Crippen molar-refractivity contribution in [3.05, 3.63) is 21.6 Å². The van der Waals surface area contributed by atoms with Gasteiger partial charge in [-0.05, 0) is 42.2 Å². The van der Waals surface area contributed by atoms with Crippen LogP contribution in [0.3, 0.4) is 0 Å². The van der Waals surface area contributed by atoms with Crippen molar-refractivity contribution in [1.82, 2.24) is 9.97 Å². The number of hydrogen-bond donors (Lipinski definition) is 0. The summed E-state index contributed by atoms with van der Waals surface area (Å²) >= 11 is 5.81. The zero-order valence-corrected chi connectivity index (χ0v) is 13.4. The molecule has 2 heterocycles. The summed E-state index contributed by atoms with van der Waals surface area (Å²) in [6.07, 6.45) is 4.33. The molecule has 0 spiro atoms. The molecular formula is C14H21ClN4O2. The Morgan fingerprint density at radius 3 is 2.71 bits per heavy atom. The van der Waals surface area contributed by atoms with Gasteiger partial charge in [-0.15, -0.1) is 0 Å². The van der Waals surface area contributed by atoms with Crippen molar-refractivity contribution in [3.8, 4) is 0 Å². The van der Waals surface area contributed by atoms with E-state index in [-0.39, 0.29) is 16.4 Å². The Morgan fingerprint density at radius 2 is 2.10 bits per heavy atom. The van der Waals surface area contributed by atoms with Gasteiger partial charge in [-0.25, -0.2) is 4.98 Å². The molecule has 0 aliphatic carbocycles. The molecular weight excluding hydrogens is 292 g/mol. The van der Waals surface area contributed by atoms with Crippen molar-refractivity contribution >= 4 is 23.1 Å². The van der Waals surface area contributed by atoms with Crippen molar-refractivity contribution in [1.29, 1.82) is 0 Å². The average Bonchev–Trinajstić information content (AvgIpc) is 2.63. The normalized spacial score (nSPS) is 20.2. The van der Waals surface area contributed by atoms with E-state index in [1.807, 2.05) is 4.90 Å². The Morgan fingerprint density at radius 1 is 1.38 bits per heavy atom. The summed E-state index contributed by atoms with van der Waals surface area (Å²) in [6.45, 7) is 8.27. The minimum atomic E-state index is -0.447. The monoisotopic (exact) mass is 312 g/mol. The zero-order valence-electron chi connectivity index (χ0n) is 12.7. The third kappa shape index (κ3) is 3.81. The minimum absolute atomic E-state index is 0.0484. The minimum Gasteiger partial charge on any atom is -0.351 e. The molecule has 1 unspecified atom stereocenters. The highest BCUT2D eigenvalue weighted by molar-refractivity contribution is 6.28. The number of halogens is 1. The van der Waals surface area contributed by atoms with Crippen LogP contribution in [-0.4, -0.2) is 28.0 Å². The number of nitrogens with zero attached hydrogens (tertiary/aromatic N) is 4. The van der Waals surface area contributed by atoms with Gasteiger partial charge in [0.1, 0.15) is 6.20 Å². The van der Waals surface area contributed by atoms with Crippen LogP contribution in [0.2, 0.25) is 5.28 Å². The SMILES string of the molecule is CC(C)(C)C1CCCN(c2nc(Cl)ncc2[N+](=O)[O-])CC1. The third-order valence-corrected chi connectivity index (χ3v) is 4.35. The van der Waals surface area contributed by atoms with Gasteiger partial charge in [0.15, 0.2) is 0 Å². The molecule has 116 valence electrons. The molecule has 0 bridgehead atoms. The Hall–Kier alpha value is -1.43. The quantitative estimate of drug-likeness (QED) is 0.473. The standard InChI is InChI=1S/C14H21ClN4O2/c1-14(2,3)10-5-4-7-18(8-6-10)12-11(19(20)21)9-16-13(15)17-12/h9-10H,4-8H2,1-3H3. The molecule has 1 aromatic heterocycles. The van der Waals surface area contributed by atoms with Crippen LogP contribution in [0.5, 0.6) is 0 Å². The van der Waals surface area contributed by atoms with Gasteiger partial charge in [0, 0.05) is 13.1 Å². The molecule has 7 heteroatoms. The van der Waals surface area contributed by atoms with Crippen LogP contribution < -0.4 is 4.90 Å². The third-order valence-electron chi connectivity index (χ3n) is 4.17. The van der Waals surface area contributed by atoms with E-state index in [2.05, 4.69) is 30.7 Å². The van der Waals surface area contributed by atoms with Gasteiger partial charge < -0.3 is 4.90 Å². The summed E-state index contributed by atoms with van der Waals surface area (Å²) in [4.78, 5) is 20.5. The average molecular weight is 313 g/mol. The van der Waals surface area contributed by atoms with E-state index in [1.165, 1.54) is 6.20 Å². The van der Waals surface area contributed by atoms with Crippen LogP contribution in [0.4, 0.5) is 11.5 Å². The summed E-state index contributed by atoms with van der Waals surface area (Å²) in [6, 6.07) is 0. The summed E-state index contributed by atoms with van der Waals surface area (Å²) in [5.41, 5.74) is 0.180. The maximum atomic E-state index is 11.1. The molecule has 1 fully saturated rings. The molecule has 1 aliphatic heterocycles. The van der Waals surface area contributed by atoms with E-state index < -0.39 is 4.92 Å². The Labute approximate surface area is 129 Å². The summed E-state index contributed by atoms with van der Waals surface area (Å²) in [5.74, 6) is 0.952. The number of anilines is 1. The molecule has 0 radical (unpaired) electrons. The largest absolute Gasteiger partial charge is 0.351 e. The zero-order chi connectivity index (χ0) is 15.6. The fraction of sp³-hybridized carbons (Fsp3) is 0.714. The van der Waals surface area contributed by atoms with Crippen LogP contribution in [-0.2, 0) is 0 Å². The first-order valence-corrected chi connectivity index (χ1v) is 7.58. The smallest absolute Gasteiger partial charge is 0.329 e. The number of nitro groups is 1. The van der Waals surface area contributed by atoms with Crippen molar-refractivity contribution in [2.24, 2.45) is 11.3 Å². The Kier molecular flexibility index (Phi) is 4.66. The second-order valence-corrected chi connectivity index (χ2v) is 6.92. The molecule has 2 rings (SSSR count). The van der Waals surface area contributed by atoms with Crippen molar-refractivity contribution in [2.75, 3.05) is 18.0 Å². The predicted molar refractivity (Wildman–Crippen MR) is 82.7 cm³/mol. The lowest BCUT2D eigenvalue weighted by atomic mass is 9.77. The van der Waals surface area contributed by atoms with E-state index in [9.17, 15) is 10.1 Å². The molecule has 1 atom stereocenters. The van der Waals surface area contributed by atoms with Crippen molar-refractivity contribution in [2.45, 2.75) is 40.0 Å². The maximum Gasteiger partial charge on any atom is 0.329 e. The van der Waals surface area contributed by atoms with Gasteiger partial charge in [0.2, 0.25) is 11.1 Å². The molecule has 0 N–H and O–H groups in total. The molecule has 21 heavy (non-hydrogen) atoms. The molecule has 1 aliphatic rings. The first kappa shape index (κ1) is 15.9. The predicted octanol–water partition coefficient (Wildman–Crippen LogP) is 3.69. The lowest BCUT2D eigenvalue weighted by Gasteiger charge is -2.29. The molecule has 0 aromatic carbocycles. The summed E-state index contributed by atoms with van der Waals surface area (Å²) in [5, 5.41) is 11.2. The van der Waals surface area contributed by atoms with Crippen LogP contribution in [0.1, 0.15) is 40.0 Å². The lowest BCUT2D eigenvalue weighted by Crippen LogP contribution is -2.27. The second kappa shape index (κ2) is 6.13. The first-order chi connectivity index (χ1) is 9.79. The highest BCUT2D eigenvalue weighted by Crippen LogP contribution is 2.36. The molecule has 6 nitrogen and oxygen atoms in total. The van der Waals surface area contributed by atoms with E-state index >= 15 is 0 Å². The maximum absolute atomic E-state index is 11.1. The number of aromatic nitrogens is 2. The van der Waals surface area contributed by atoms with Crippen molar-refractivity contribution in [3.63, 3.8) is 0 Å². The van der Waals surface area contributed by atoms with Crippen LogP contribution in [0.25, 0.3) is 0 Å². The van der Waals surface area contributed by atoms with Gasteiger partial charge in [-0.2, -0.15) is 4.98 Å². The molecule has 1 saturated heterocycles. The highest BCUT2D eigenvalue weighted by atomic mass is 35.5. The Bertz CT molecular complexity index is 530. The van der Waals surface area contributed by atoms with Gasteiger partial charge in [0.05, 0.1) is 4.92 Å². The van der Waals surface area contributed by atoms with Gasteiger partial charge in [-0.3, -0.25) is 10.1 Å². The van der Waals surface area contributed by atoms with Crippen LogP contribution in [0.15, 0.2) is 6.20 Å². The van der Waals surface area contributed by atoms with Crippen LogP contribution in [0, 0.1) is 21.4 Å². The van der Waals surface area contributed by atoms with E-state index in [4.69, 9.17) is 11.6 Å². The lowest BCUT2D eigenvalue weighted by molar-refractivity contribution is -0.384. The van der Waals surface area contributed by atoms with Gasteiger partial charge in [-0.1, -0.05) is 20.8 Å². The highest BCUT2D eigenvalue weighted by Gasteiger charge is 2.30. The van der Waals surface area contributed by atoms with E-state index in [0.717, 1.165) is 32.4 Å². The van der Waals surface area contributed by atoms with Gasteiger partial charge >= 0.3 is 5.69 Å². The fourth-order valence-corrected chi connectivity index (χ4v) is 3.01. The molecule has 0 amide bonds. The fourth-order valence-electron chi connectivity index (χ4n) is 2.88. The van der Waals surface area contributed by atoms with E-state index in [0.29, 0.717) is 11.7 Å². The summed E-state index contributed by atoms with van der Waals surface area (Å²) < 4.78 is 0. The van der Waals surface area contributed by atoms with Gasteiger partial charge in [0.25, 0.3) is 0 Å². The topological polar surface area (TPSA) is 72.2 Å².